The first-order chi connectivity index (χ1) is 10.3. The summed E-state index contributed by atoms with van der Waals surface area (Å²) in [4.78, 5) is 4.21. The Labute approximate surface area is 126 Å². The molecule has 0 spiro atoms. The Hall–Kier alpha value is -1.96. The smallest absolute Gasteiger partial charge is 0.406 e. The highest BCUT2D eigenvalue weighted by atomic mass is 19.4. The minimum Gasteiger partial charge on any atom is -0.406 e. The number of guanidine groups is 1. The first-order valence-electron chi connectivity index (χ1n) is 6.80. The van der Waals surface area contributed by atoms with Gasteiger partial charge in [-0.15, -0.1) is 13.2 Å². The number of hydrogen-bond donors (Lipinski definition) is 2. The van der Waals surface area contributed by atoms with E-state index in [1.54, 1.807) is 7.11 Å². The molecule has 0 aromatic heterocycles. The SMILES string of the molecule is COC1(CN=C(N)Nc2ccc(OC(F)(F)F)cc2)CCC1. The molecule has 1 aromatic rings. The molecule has 5 nitrogen and oxygen atoms in total. The highest BCUT2D eigenvalue weighted by Crippen LogP contribution is 2.35. The molecule has 0 saturated heterocycles. The number of methoxy groups -OCH3 is 1. The summed E-state index contributed by atoms with van der Waals surface area (Å²) in [6.45, 7) is 0.456. The molecule has 122 valence electrons. The molecule has 0 aliphatic heterocycles. The lowest BCUT2D eigenvalue weighted by molar-refractivity contribution is -0.274. The van der Waals surface area contributed by atoms with E-state index in [1.807, 2.05) is 0 Å². The number of nitrogens with zero attached hydrogens (tertiary/aromatic N) is 1. The van der Waals surface area contributed by atoms with E-state index in [4.69, 9.17) is 10.5 Å². The zero-order valence-corrected chi connectivity index (χ0v) is 12.1. The van der Waals surface area contributed by atoms with Gasteiger partial charge in [0.25, 0.3) is 0 Å². The lowest BCUT2D eigenvalue weighted by atomic mass is 9.80. The van der Waals surface area contributed by atoms with Crippen LogP contribution >= 0.6 is 0 Å². The van der Waals surface area contributed by atoms with Crippen LogP contribution in [-0.4, -0.2) is 31.6 Å². The van der Waals surface area contributed by atoms with Crippen LogP contribution in [0.1, 0.15) is 19.3 Å². The molecule has 1 fully saturated rings. The number of hydrogen-bond acceptors (Lipinski definition) is 3. The van der Waals surface area contributed by atoms with Crippen molar-refractivity contribution in [2.24, 2.45) is 10.7 Å². The highest BCUT2D eigenvalue weighted by molar-refractivity contribution is 5.92. The minimum atomic E-state index is -4.70. The quantitative estimate of drug-likeness (QED) is 0.647. The summed E-state index contributed by atoms with van der Waals surface area (Å²) in [6.07, 6.45) is -1.70. The summed E-state index contributed by atoms with van der Waals surface area (Å²) in [5, 5.41) is 2.81. The van der Waals surface area contributed by atoms with E-state index < -0.39 is 6.36 Å². The number of nitrogens with two attached hydrogens (primary N) is 1. The van der Waals surface area contributed by atoms with E-state index in [1.165, 1.54) is 24.3 Å². The van der Waals surface area contributed by atoms with Gasteiger partial charge in [0, 0.05) is 12.8 Å². The van der Waals surface area contributed by atoms with E-state index in [2.05, 4.69) is 15.0 Å². The van der Waals surface area contributed by atoms with Gasteiger partial charge < -0.3 is 20.5 Å². The molecule has 3 N–H and O–H groups in total. The van der Waals surface area contributed by atoms with Crippen molar-refractivity contribution in [2.75, 3.05) is 19.0 Å². The second-order valence-electron chi connectivity index (χ2n) is 5.14. The maximum atomic E-state index is 12.0. The molecule has 0 bridgehead atoms. The summed E-state index contributed by atoms with van der Waals surface area (Å²) >= 11 is 0. The van der Waals surface area contributed by atoms with Crippen molar-refractivity contribution >= 4 is 11.6 Å². The van der Waals surface area contributed by atoms with Crippen molar-refractivity contribution in [1.29, 1.82) is 0 Å². The lowest BCUT2D eigenvalue weighted by Gasteiger charge is -2.39. The zero-order valence-electron chi connectivity index (χ0n) is 12.1. The van der Waals surface area contributed by atoms with Crippen molar-refractivity contribution < 1.29 is 22.6 Å². The Morgan fingerprint density at radius 3 is 2.41 bits per heavy atom. The van der Waals surface area contributed by atoms with Crippen LogP contribution in [-0.2, 0) is 4.74 Å². The number of rotatable bonds is 5. The third-order valence-electron chi connectivity index (χ3n) is 3.60. The van der Waals surface area contributed by atoms with Gasteiger partial charge in [0.1, 0.15) is 5.75 Å². The van der Waals surface area contributed by atoms with Crippen LogP contribution in [0.4, 0.5) is 18.9 Å². The topological polar surface area (TPSA) is 68.9 Å². The average molecular weight is 317 g/mol. The first kappa shape index (κ1) is 16.4. The fraction of sp³-hybridized carbons (Fsp3) is 0.500. The summed E-state index contributed by atoms with van der Waals surface area (Å²) in [5.41, 5.74) is 6.06. The predicted molar refractivity (Wildman–Crippen MR) is 76.8 cm³/mol. The Kier molecular flexibility index (Phi) is 4.80. The molecule has 0 amide bonds. The zero-order chi connectivity index (χ0) is 16.2. The number of ether oxygens (including phenoxy) is 2. The van der Waals surface area contributed by atoms with Crippen molar-refractivity contribution in [3.63, 3.8) is 0 Å². The van der Waals surface area contributed by atoms with Gasteiger partial charge >= 0.3 is 6.36 Å². The number of anilines is 1. The van der Waals surface area contributed by atoms with Crippen LogP contribution < -0.4 is 15.8 Å². The molecule has 0 atom stereocenters. The molecule has 0 heterocycles. The normalized spacial score (nSPS) is 17.7. The number of benzene rings is 1. The highest BCUT2D eigenvalue weighted by Gasteiger charge is 2.36. The molecular weight excluding hydrogens is 299 g/mol. The maximum absolute atomic E-state index is 12.0. The molecule has 1 saturated carbocycles. The number of halogens is 3. The van der Waals surface area contributed by atoms with Crippen LogP contribution in [0.5, 0.6) is 5.75 Å². The maximum Gasteiger partial charge on any atom is 0.573 e. The van der Waals surface area contributed by atoms with Gasteiger partial charge in [0.15, 0.2) is 5.96 Å². The second-order valence-corrected chi connectivity index (χ2v) is 5.14. The Morgan fingerprint density at radius 1 is 1.32 bits per heavy atom. The number of nitrogens with one attached hydrogen (secondary N) is 1. The van der Waals surface area contributed by atoms with E-state index >= 15 is 0 Å². The van der Waals surface area contributed by atoms with Gasteiger partial charge in [-0.25, -0.2) is 0 Å². The van der Waals surface area contributed by atoms with E-state index in [-0.39, 0.29) is 17.3 Å². The third kappa shape index (κ3) is 4.52. The van der Waals surface area contributed by atoms with Crippen LogP contribution in [0.25, 0.3) is 0 Å². The van der Waals surface area contributed by atoms with Crippen molar-refractivity contribution in [2.45, 2.75) is 31.2 Å². The summed E-state index contributed by atoms with van der Waals surface area (Å²) in [7, 11) is 1.65. The monoisotopic (exact) mass is 317 g/mol. The van der Waals surface area contributed by atoms with Gasteiger partial charge in [-0.3, -0.25) is 4.99 Å². The first-order valence-corrected chi connectivity index (χ1v) is 6.80. The summed E-state index contributed by atoms with van der Waals surface area (Å²) in [6, 6.07) is 5.26. The van der Waals surface area contributed by atoms with Gasteiger partial charge in [0.2, 0.25) is 0 Å². The number of aliphatic imine (C=N–C) groups is 1. The van der Waals surface area contributed by atoms with Crippen molar-refractivity contribution in [3.05, 3.63) is 24.3 Å². The van der Waals surface area contributed by atoms with Crippen molar-refractivity contribution in [3.8, 4) is 5.75 Å². The molecular formula is C14H18F3N3O2. The van der Waals surface area contributed by atoms with Crippen LogP contribution in [0.15, 0.2) is 29.3 Å². The lowest BCUT2D eigenvalue weighted by Crippen LogP contribution is -2.43. The summed E-state index contributed by atoms with van der Waals surface area (Å²) < 4.78 is 45.4. The molecule has 1 aliphatic rings. The molecule has 0 radical (unpaired) electrons. The van der Waals surface area contributed by atoms with Gasteiger partial charge in [-0.1, -0.05) is 0 Å². The molecule has 1 aliphatic carbocycles. The molecule has 0 unspecified atom stereocenters. The minimum absolute atomic E-state index is 0.188. The van der Waals surface area contributed by atoms with E-state index in [9.17, 15) is 13.2 Å². The van der Waals surface area contributed by atoms with Crippen LogP contribution in [0, 0.1) is 0 Å². The Morgan fingerprint density at radius 2 is 1.95 bits per heavy atom. The third-order valence-corrected chi connectivity index (χ3v) is 3.60. The molecule has 2 rings (SSSR count). The Bertz CT molecular complexity index is 520. The second kappa shape index (κ2) is 6.43. The molecule has 8 heteroatoms. The number of alkyl halides is 3. The van der Waals surface area contributed by atoms with Gasteiger partial charge in [0.05, 0.1) is 12.1 Å². The molecule has 1 aromatic carbocycles. The molecule has 22 heavy (non-hydrogen) atoms. The van der Waals surface area contributed by atoms with E-state index in [0.717, 1.165) is 19.3 Å². The van der Waals surface area contributed by atoms with Crippen LogP contribution in [0.2, 0.25) is 0 Å². The fourth-order valence-electron chi connectivity index (χ4n) is 2.15. The Balaban J connectivity index is 1.90. The average Bonchev–Trinajstić information content (AvgIpc) is 2.39. The van der Waals surface area contributed by atoms with Gasteiger partial charge in [-0.2, -0.15) is 0 Å². The fourth-order valence-corrected chi connectivity index (χ4v) is 2.15. The standard InChI is InChI=1S/C14H18F3N3O2/c1-21-13(7-2-8-13)9-19-12(18)20-10-3-5-11(6-4-10)22-14(15,16)17/h3-6H,2,7-9H2,1H3,(H3,18,19,20). The van der Waals surface area contributed by atoms with Gasteiger partial charge in [-0.05, 0) is 43.5 Å². The summed E-state index contributed by atoms with van der Waals surface area (Å²) in [5.74, 6) is -0.103. The van der Waals surface area contributed by atoms with Crippen LogP contribution in [0.3, 0.4) is 0 Å². The van der Waals surface area contributed by atoms with E-state index in [0.29, 0.717) is 12.2 Å². The largest absolute Gasteiger partial charge is 0.573 e. The van der Waals surface area contributed by atoms with Crippen molar-refractivity contribution in [1.82, 2.24) is 0 Å². The predicted octanol–water partition coefficient (Wildman–Crippen LogP) is 2.88.